The molecule has 1 aromatic heterocycles. The number of carbonyl (C=O) groups is 1. The molecule has 0 radical (unpaired) electrons. The van der Waals surface area contributed by atoms with E-state index in [2.05, 4.69) is 34.9 Å². The quantitative estimate of drug-likeness (QED) is 0.913. The standard InChI is InChI=1S/C14H14BrNO4/c1-7(2)8-4-9(13(15)11(5-8)19-3)10-6-12(14(17)18)20-16-10/h4-7H,1-3H3,(H,17,18). The van der Waals surface area contributed by atoms with Gasteiger partial charge in [0.05, 0.1) is 11.6 Å². The Balaban J connectivity index is 2.59. The van der Waals surface area contributed by atoms with E-state index in [4.69, 9.17) is 14.4 Å². The monoisotopic (exact) mass is 339 g/mol. The third-order valence-corrected chi connectivity index (χ3v) is 3.76. The zero-order chi connectivity index (χ0) is 14.9. The minimum atomic E-state index is -1.15. The summed E-state index contributed by atoms with van der Waals surface area (Å²) in [4.78, 5) is 10.9. The maximum atomic E-state index is 10.9. The van der Waals surface area contributed by atoms with Crippen LogP contribution in [0.25, 0.3) is 11.3 Å². The van der Waals surface area contributed by atoms with Crippen LogP contribution in [-0.4, -0.2) is 23.3 Å². The summed E-state index contributed by atoms with van der Waals surface area (Å²) < 4.78 is 10.8. The molecule has 0 bridgehead atoms. The molecule has 0 spiro atoms. The number of aromatic carboxylic acids is 1. The third kappa shape index (κ3) is 2.70. The van der Waals surface area contributed by atoms with Crippen molar-refractivity contribution in [2.75, 3.05) is 7.11 Å². The Bertz CT molecular complexity index is 649. The number of hydrogen-bond acceptors (Lipinski definition) is 4. The van der Waals surface area contributed by atoms with Gasteiger partial charge in [0, 0.05) is 11.6 Å². The first kappa shape index (κ1) is 14.6. The van der Waals surface area contributed by atoms with E-state index in [1.54, 1.807) is 7.11 Å². The van der Waals surface area contributed by atoms with Gasteiger partial charge < -0.3 is 14.4 Å². The van der Waals surface area contributed by atoms with E-state index in [0.717, 1.165) is 15.6 Å². The van der Waals surface area contributed by atoms with Crippen molar-refractivity contribution in [3.05, 3.63) is 34.0 Å². The van der Waals surface area contributed by atoms with E-state index in [1.165, 1.54) is 6.07 Å². The summed E-state index contributed by atoms with van der Waals surface area (Å²) in [5, 5.41) is 12.7. The topological polar surface area (TPSA) is 72.6 Å². The fourth-order valence-electron chi connectivity index (χ4n) is 1.79. The van der Waals surface area contributed by atoms with Crippen LogP contribution in [0.1, 0.15) is 35.9 Å². The summed E-state index contributed by atoms with van der Waals surface area (Å²) in [5.74, 6) is -0.361. The molecule has 0 aliphatic heterocycles. The summed E-state index contributed by atoms with van der Waals surface area (Å²) in [6, 6.07) is 5.28. The predicted octanol–water partition coefficient (Wildman–Crippen LogP) is 3.93. The molecule has 0 fully saturated rings. The molecule has 2 rings (SSSR count). The van der Waals surface area contributed by atoms with Gasteiger partial charge in [-0.1, -0.05) is 19.0 Å². The minimum Gasteiger partial charge on any atom is -0.496 e. The molecule has 0 atom stereocenters. The molecular formula is C14H14BrNO4. The Labute approximate surface area is 124 Å². The molecule has 0 unspecified atom stereocenters. The lowest BCUT2D eigenvalue weighted by molar-refractivity contribution is 0.0652. The van der Waals surface area contributed by atoms with Gasteiger partial charge in [0.2, 0.25) is 5.76 Å². The summed E-state index contributed by atoms with van der Waals surface area (Å²) in [5.41, 5.74) is 2.26. The molecule has 0 aliphatic rings. The number of carboxylic acid groups (broad SMARTS) is 1. The van der Waals surface area contributed by atoms with E-state index in [1.807, 2.05) is 12.1 Å². The van der Waals surface area contributed by atoms with Crippen LogP contribution in [0.4, 0.5) is 0 Å². The smallest absolute Gasteiger partial charge is 0.374 e. The van der Waals surface area contributed by atoms with Crippen LogP contribution in [-0.2, 0) is 0 Å². The van der Waals surface area contributed by atoms with Gasteiger partial charge in [-0.2, -0.15) is 0 Å². The SMILES string of the molecule is COc1cc(C(C)C)cc(-c2cc(C(=O)O)on2)c1Br. The first-order valence-electron chi connectivity index (χ1n) is 6.01. The van der Waals surface area contributed by atoms with Crippen molar-refractivity contribution in [1.82, 2.24) is 5.16 Å². The first-order valence-corrected chi connectivity index (χ1v) is 6.81. The highest BCUT2D eigenvalue weighted by Gasteiger charge is 2.18. The number of ether oxygens (including phenoxy) is 1. The zero-order valence-corrected chi connectivity index (χ0v) is 12.9. The fourth-order valence-corrected chi connectivity index (χ4v) is 2.38. The van der Waals surface area contributed by atoms with Gasteiger partial charge in [0.1, 0.15) is 11.4 Å². The van der Waals surface area contributed by atoms with Gasteiger partial charge >= 0.3 is 5.97 Å². The Morgan fingerprint density at radius 2 is 2.10 bits per heavy atom. The average molecular weight is 340 g/mol. The highest BCUT2D eigenvalue weighted by Crippen LogP contribution is 2.38. The lowest BCUT2D eigenvalue weighted by Crippen LogP contribution is -1.94. The van der Waals surface area contributed by atoms with Crippen molar-refractivity contribution in [3.63, 3.8) is 0 Å². The van der Waals surface area contributed by atoms with Crippen LogP contribution >= 0.6 is 15.9 Å². The lowest BCUT2D eigenvalue weighted by atomic mass is 9.99. The van der Waals surface area contributed by atoms with Gasteiger partial charge in [-0.05, 0) is 39.5 Å². The van der Waals surface area contributed by atoms with Crippen LogP contribution in [0.5, 0.6) is 5.75 Å². The molecule has 106 valence electrons. The van der Waals surface area contributed by atoms with Crippen LogP contribution in [0, 0.1) is 0 Å². The highest BCUT2D eigenvalue weighted by molar-refractivity contribution is 9.10. The Hall–Kier alpha value is -1.82. The average Bonchev–Trinajstić information content (AvgIpc) is 2.88. The number of methoxy groups -OCH3 is 1. The number of rotatable bonds is 4. The molecule has 1 heterocycles. The van der Waals surface area contributed by atoms with Gasteiger partial charge in [0.25, 0.3) is 0 Å². The molecule has 0 saturated heterocycles. The molecule has 0 saturated carbocycles. The summed E-state index contributed by atoms with van der Waals surface area (Å²) in [7, 11) is 1.58. The van der Waals surface area contributed by atoms with Crippen molar-refractivity contribution in [3.8, 4) is 17.0 Å². The number of benzene rings is 1. The Morgan fingerprint density at radius 1 is 1.40 bits per heavy atom. The van der Waals surface area contributed by atoms with Crippen molar-refractivity contribution >= 4 is 21.9 Å². The minimum absolute atomic E-state index is 0.194. The largest absolute Gasteiger partial charge is 0.496 e. The zero-order valence-electron chi connectivity index (χ0n) is 11.3. The molecule has 5 nitrogen and oxygen atoms in total. The molecule has 20 heavy (non-hydrogen) atoms. The van der Waals surface area contributed by atoms with Gasteiger partial charge in [-0.15, -0.1) is 0 Å². The van der Waals surface area contributed by atoms with Crippen molar-refractivity contribution in [2.24, 2.45) is 0 Å². The van der Waals surface area contributed by atoms with E-state index < -0.39 is 5.97 Å². The van der Waals surface area contributed by atoms with E-state index in [-0.39, 0.29) is 5.76 Å². The van der Waals surface area contributed by atoms with Gasteiger partial charge in [-0.25, -0.2) is 4.79 Å². The second-order valence-corrected chi connectivity index (χ2v) is 5.41. The fraction of sp³-hybridized carbons (Fsp3) is 0.286. The van der Waals surface area contributed by atoms with Crippen LogP contribution in [0.15, 0.2) is 27.2 Å². The van der Waals surface area contributed by atoms with Gasteiger partial charge in [-0.3, -0.25) is 0 Å². The maximum absolute atomic E-state index is 10.9. The second-order valence-electron chi connectivity index (χ2n) is 4.62. The molecule has 6 heteroatoms. The molecule has 0 aliphatic carbocycles. The van der Waals surface area contributed by atoms with Crippen LogP contribution in [0.2, 0.25) is 0 Å². The molecule has 1 N–H and O–H groups in total. The Kier molecular flexibility index (Phi) is 4.13. The van der Waals surface area contributed by atoms with Crippen molar-refractivity contribution in [2.45, 2.75) is 19.8 Å². The van der Waals surface area contributed by atoms with Crippen molar-refractivity contribution < 1.29 is 19.2 Å². The van der Waals surface area contributed by atoms with E-state index in [9.17, 15) is 4.79 Å². The third-order valence-electron chi connectivity index (χ3n) is 2.95. The number of hydrogen-bond donors (Lipinski definition) is 1. The molecular weight excluding hydrogens is 326 g/mol. The summed E-state index contributed by atoms with van der Waals surface area (Å²) in [6.45, 7) is 4.13. The number of carboxylic acids is 1. The van der Waals surface area contributed by atoms with E-state index in [0.29, 0.717) is 17.4 Å². The summed E-state index contributed by atoms with van der Waals surface area (Å²) >= 11 is 3.45. The molecule has 1 aromatic carbocycles. The lowest BCUT2D eigenvalue weighted by Gasteiger charge is -2.13. The number of aromatic nitrogens is 1. The van der Waals surface area contributed by atoms with Crippen molar-refractivity contribution in [1.29, 1.82) is 0 Å². The highest BCUT2D eigenvalue weighted by atomic mass is 79.9. The molecule has 0 amide bonds. The first-order chi connectivity index (χ1) is 9.43. The van der Waals surface area contributed by atoms with Gasteiger partial charge in [0.15, 0.2) is 0 Å². The predicted molar refractivity (Wildman–Crippen MR) is 77.2 cm³/mol. The number of halogens is 1. The van der Waals surface area contributed by atoms with Crippen LogP contribution in [0.3, 0.4) is 0 Å². The normalized spacial score (nSPS) is 10.8. The molecule has 2 aromatic rings. The maximum Gasteiger partial charge on any atom is 0.374 e. The second kappa shape index (κ2) is 5.66. The van der Waals surface area contributed by atoms with Crippen LogP contribution < -0.4 is 4.74 Å². The Morgan fingerprint density at radius 3 is 2.60 bits per heavy atom. The summed E-state index contributed by atoms with van der Waals surface area (Å²) in [6.07, 6.45) is 0. The van der Waals surface area contributed by atoms with E-state index >= 15 is 0 Å². The number of nitrogens with zero attached hydrogens (tertiary/aromatic N) is 1.